The Morgan fingerprint density at radius 1 is 1.12 bits per heavy atom. The van der Waals surface area contributed by atoms with Crippen molar-refractivity contribution in [2.45, 2.75) is 12.5 Å². The number of H-pyrrole nitrogens is 1. The van der Waals surface area contributed by atoms with Crippen LogP contribution in [0.25, 0.3) is 10.9 Å². The standard InChI is InChI=1S/C25H25N3O3S/c1-28(16-17-8-9-22-23(13-17)31-11-10-30-22)25(29)27-15-20(24-7-4-12-32-24)19-14-26-21-6-3-2-5-18(19)21/h2-9,12-14,20,26H,10-11,15-16H2,1H3,(H,27,29). The molecule has 1 aliphatic heterocycles. The molecule has 2 amide bonds. The van der Waals surface area contributed by atoms with Crippen molar-refractivity contribution in [2.75, 3.05) is 26.8 Å². The van der Waals surface area contributed by atoms with Crippen LogP contribution in [0.4, 0.5) is 4.79 Å². The second-order valence-corrected chi connectivity index (χ2v) is 8.86. The number of aromatic nitrogens is 1. The lowest BCUT2D eigenvalue weighted by molar-refractivity contribution is 0.171. The van der Waals surface area contributed by atoms with Gasteiger partial charge in [-0.25, -0.2) is 4.79 Å². The quantitative estimate of drug-likeness (QED) is 0.438. The molecule has 32 heavy (non-hydrogen) atoms. The maximum Gasteiger partial charge on any atom is 0.317 e. The number of amides is 2. The highest BCUT2D eigenvalue weighted by Gasteiger charge is 2.21. The first kappa shape index (κ1) is 20.5. The molecule has 2 aromatic carbocycles. The van der Waals surface area contributed by atoms with Gasteiger partial charge in [0.1, 0.15) is 13.2 Å². The van der Waals surface area contributed by atoms with Crippen molar-refractivity contribution in [3.05, 3.63) is 82.2 Å². The summed E-state index contributed by atoms with van der Waals surface area (Å²) in [5.74, 6) is 1.57. The second kappa shape index (κ2) is 8.96. The average Bonchev–Trinajstić information content (AvgIpc) is 3.50. The third kappa shape index (κ3) is 4.16. The van der Waals surface area contributed by atoms with Gasteiger partial charge in [0.15, 0.2) is 11.5 Å². The predicted molar refractivity (Wildman–Crippen MR) is 127 cm³/mol. The lowest BCUT2D eigenvalue weighted by atomic mass is 9.97. The minimum absolute atomic E-state index is 0.0813. The van der Waals surface area contributed by atoms with Gasteiger partial charge in [-0.15, -0.1) is 11.3 Å². The van der Waals surface area contributed by atoms with Gasteiger partial charge >= 0.3 is 6.03 Å². The fourth-order valence-corrected chi connectivity index (χ4v) is 4.94. The molecule has 1 aliphatic rings. The summed E-state index contributed by atoms with van der Waals surface area (Å²) < 4.78 is 11.2. The highest BCUT2D eigenvalue weighted by atomic mass is 32.1. The molecule has 5 rings (SSSR count). The molecule has 4 aromatic rings. The molecular weight excluding hydrogens is 422 g/mol. The fraction of sp³-hybridized carbons (Fsp3) is 0.240. The summed E-state index contributed by atoms with van der Waals surface area (Å²) in [6, 6.07) is 18.2. The molecule has 0 radical (unpaired) electrons. The Bertz CT molecular complexity index is 1220. The Kier molecular flexibility index (Phi) is 5.73. The Labute approximate surface area is 190 Å². The Hall–Kier alpha value is -3.45. The van der Waals surface area contributed by atoms with Gasteiger partial charge < -0.3 is 24.7 Å². The molecule has 0 saturated carbocycles. The van der Waals surface area contributed by atoms with Gasteiger partial charge in [-0.1, -0.05) is 30.3 Å². The number of ether oxygens (including phenoxy) is 2. The van der Waals surface area contributed by atoms with Crippen LogP contribution in [-0.4, -0.2) is 42.7 Å². The molecule has 1 unspecified atom stereocenters. The topological polar surface area (TPSA) is 66.6 Å². The largest absolute Gasteiger partial charge is 0.486 e. The predicted octanol–water partition coefficient (Wildman–Crippen LogP) is 4.97. The molecule has 0 spiro atoms. The monoisotopic (exact) mass is 447 g/mol. The van der Waals surface area contributed by atoms with Gasteiger partial charge in [0.05, 0.1) is 0 Å². The van der Waals surface area contributed by atoms with E-state index in [4.69, 9.17) is 9.47 Å². The number of nitrogens with one attached hydrogen (secondary N) is 2. The molecule has 7 heteroatoms. The van der Waals surface area contributed by atoms with Crippen LogP contribution in [0.5, 0.6) is 11.5 Å². The SMILES string of the molecule is CN(Cc1ccc2c(c1)OCCO2)C(=O)NCC(c1cccs1)c1c[nH]c2ccccc12. The van der Waals surface area contributed by atoms with E-state index >= 15 is 0 Å². The van der Waals surface area contributed by atoms with E-state index in [0.717, 1.165) is 22.6 Å². The number of fused-ring (bicyclic) bond motifs is 2. The molecule has 0 fully saturated rings. The number of nitrogens with zero attached hydrogens (tertiary/aromatic N) is 1. The van der Waals surface area contributed by atoms with Crippen LogP contribution in [0.3, 0.4) is 0 Å². The third-order valence-electron chi connectivity index (χ3n) is 5.71. The van der Waals surface area contributed by atoms with E-state index in [2.05, 4.69) is 46.1 Å². The summed E-state index contributed by atoms with van der Waals surface area (Å²) in [5, 5.41) is 6.39. The minimum atomic E-state index is -0.110. The number of hydrogen-bond acceptors (Lipinski definition) is 4. The number of hydrogen-bond donors (Lipinski definition) is 2. The lowest BCUT2D eigenvalue weighted by Gasteiger charge is -2.23. The van der Waals surface area contributed by atoms with Gasteiger partial charge in [-0.2, -0.15) is 0 Å². The summed E-state index contributed by atoms with van der Waals surface area (Å²) >= 11 is 1.71. The van der Waals surface area contributed by atoms with E-state index in [0.29, 0.717) is 26.3 Å². The van der Waals surface area contributed by atoms with E-state index in [1.165, 1.54) is 15.8 Å². The van der Waals surface area contributed by atoms with Crippen molar-refractivity contribution in [1.82, 2.24) is 15.2 Å². The van der Waals surface area contributed by atoms with Gasteiger partial charge in [-0.05, 0) is 40.8 Å². The molecular formula is C25H25N3O3S. The van der Waals surface area contributed by atoms with Crippen molar-refractivity contribution in [3.8, 4) is 11.5 Å². The van der Waals surface area contributed by atoms with Crippen molar-refractivity contribution in [3.63, 3.8) is 0 Å². The second-order valence-electron chi connectivity index (χ2n) is 7.88. The van der Waals surface area contributed by atoms with Crippen LogP contribution >= 0.6 is 11.3 Å². The first-order valence-corrected chi connectivity index (χ1v) is 11.5. The van der Waals surface area contributed by atoms with Crippen LogP contribution in [0.2, 0.25) is 0 Å². The van der Waals surface area contributed by atoms with E-state index in [1.807, 2.05) is 30.3 Å². The third-order valence-corrected chi connectivity index (χ3v) is 6.70. The Morgan fingerprint density at radius 2 is 1.97 bits per heavy atom. The molecule has 6 nitrogen and oxygen atoms in total. The zero-order chi connectivity index (χ0) is 21.9. The Balaban J connectivity index is 1.28. The summed E-state index contributed by atoms with van der Waals surface area (Å²) in [4.78, 5) is 19.2. The smallest absolute Gasteiger partial charge is 0.317 e. The average molecular weight is 448 g/mol. The van der Waals surface area contributed by atoms with Crippen LogP contribution in [0.1, 0.15) is 21.9 Å². The molecule has 0 saturated heterocycles. The van der Waals surface area contributed by atoms with Gasteiger partial charge in [0, 0.05) is 48.0 Å². The van der Waals surface area contributed by atoms with Gasteiger partial charge in [0.2, 0.25) is 0 Å². The maximum atomic E-state index is 12.9. The molecule has 2 N–H and O–H groups in total. The first-order chi connectivity index (χ1) is 15.7. The number of carbonyl (C=O) groups excluding carboxylic acids is 1. The normalized spacial score (nSPS) is 13.7. The van der Waals surface area contributed by atoms with Crippen LogP contribution in [0, 0.1) is 0 Å². The fourth-order valence-electron chi connectivity index (χ4n) is 4.09. The minimum Gasteiger partial charge on any atom is -0.486 e. The van der Waals surface area contributed by atoms with Crippen molar-refractivity contribution >= 4 is 28.3 Å². The first-order valence-electron chi connectivity index (χ1n) is 10.7. The van der Waals surface area contributed by atoms with Crippen LogP contribution in [0.15, 0.2) is 66.2 Å². The molecule has 164 valence electrons. The molecule has 3 heterocycles. The summed E-state index contributed by atoms with van der Waals surface area (Å²) in [6.45, 7) is 2.12. The van der Waals surface area contributed by atoms with Crippen molar-refractivity contribution in [1.29, 1.82) is 0 Å². The van der Waals surface area contributed by atoms with E-state index < -0.39 is 0 Å². The van der Waals surface area contributed by atoms with E-state index in [9.17, 15) is 4.79 Å². The van der Waals surface area contributed by atoms with Crippen molar-refractivity contribution in [2.24, 2.45) is 0 Å². The number of thiophene rings is 1. The number of carbonyl (C=O) groups is 1. The summed E-state index contributed by atoms with van der Waals surface area (Å²) in [5.41, 5.74) is 3.29. The van der Waals surface area contributed by atoms with Crippen LogP contribution < -0.4 is 14.8 Å². The number of aromatic amines is 1. The zero-order valence-corrected chi connectivity index (χ0v) is 18.7. The molecule has 0 aliphatic carbocycles. The molecule has 1 atom stereocenters. The maximum absolute atomic E-state index is 12.9. The summed E-state index contributed by atoms with van der Waals surface area (Å²) in [7, 11) is 1.80. The van der Waals surface area contributed by atoms with E-state index in [1.54, 1.807) is 23.3 Å². The Morgan fingerprint density at radius 3 is 2.81 bits per heavy atom. The summed E-state index contributed by atoms with van der Waals surface area (Å²) in [6.07, 6.45) is 2.06. The number of rotatable bonds is 6. The van der Waals surface area contributed by atoms with E-state index in [-0.39, 0.29) is 11.9 Å². The zero-order valence-electron chi connectivity index (χ0n) is 17.8. The number of benzene rings is 2. The van der Waals surface area contributed by atoms with Gasteiger partial charge in [0.25, 0.3) is 0 Å². The highest BCUT2D eigenvalue weighted by molar-refractivity contribution is 7.10. The number of para-hydroxylation sites is 1. The van der Waals surface area contributed by atoms with Crippen molar-refractivity contribution < 1.29 is 14.3 Å². The van der Waals surface area contributed by atoms with Crippen LogP contribution in [-0.2, 0) is 6.54 Å². The molecule has 0 bridgehead atoms. The number of urea groups is 1. The lowest BCUT2D eigenvalue weighted by Crippen LogP contribution is -2.38. The molecule has 2 aromatic heterocycles. The highest BCUT2D eigenvalue weighted by Crippen LogP contribution is 2.33. The van der Waals surface area contributed by atoms with Gasteiger partial charge in [-0.3, -0.25) is 0 Å².